The SMILES string of the molecule is CCCCP(=O)(Cc1ccccc1)OC(=O)OCc1ccccc1. The van der Waals surface area contributed by atoms with Crippen LogP contribution in [-0.2, 0) is 26.6 Å². The summed E-state index contributed by atoms with van der Waals surface area (Å²) in [6.07, 6.45) is 1.39. The third kappa shape index (κ3) is 6.21. The normalized spacial score (nSPS) is 13.0. The van der Waals surface area contributed by atoms with E-state index in [4.69, 9.17) is 9.26 Å². The summed E-state index contributed by atoms with van der Waals surface area (Å²) < 4.78 is 23.4. The van der Waals surface area contributed by atoms with Gasteiger partial charge in [-0.1, -0.05) is 74.0 Å². The van der Waals surface area contributed by atoms with Gasteiger partial charge in [-0.05, 0) is 17.5 Å². The van der Waals surface area contributed by atoms with Gasteiger partial charge in [0.15, 0.2) is 0 Å². The van der Waals surface area contributed by atoms with Crippen LogP contribution in [0.4, 0.5) is 4.79 Å². The topological polar surface area (TPSA) is 52.6 Å². The Morgan fingerprint density at radius 3 is 2.12 bits per heavy atom. The molecule has 0 radical (unpaired) electrons. The van der Waals surface area contributed by atoms with Gasteiger partial charge in [0, 0.05) is 6.16 Å². The van der Waals surface area contributed by atoms with Crippen LogP contribution in [0.5, 0.6) is 0 Å². The Morgan fingerprint density at radius 1 is 0.958 bits per heavy atom. The first-order chi connectivity index (χ1) is 11.6. The number of carbonyl (C=O) groups is 1. The van der Waals surface area contributed by atoms with Gasteiger partial charge < -0.3 is 9.26 Å². The van der Waals surface area contributed by atoms with Crippen molar-refractivity contribution < 1.29 is 18.6 Å². The molecule has 0 heterocycles. The maximum absolute atomic E-state index is 13.0. The van der Waals surface area contributed by atoms with E-state index in [1.807, 2.05) is 67.6 Å². The number of hydrogen-bond acceptors (Lipinski definition) is 4. The highest BCUT2D eigenvalue weighted by atomic mass is 31.2. The Hall–Kier alpha value is -2.06. The van der Waals surface area contributed by atoms with Crippen molar-refractivity contribution in [1.29, 1.82) is 0 Å². The summed E-state index contributed by atoms with van der Waals surface area (Å²) >= 11 is 0. The van der Waals surface area contributed by atoms with Gasteiger partial charge in [-0.3, -0.25) is 4.57 Å². The Labute approximate surface area is 143 Å². The molecule has 0 spiro atoms. The minimum atomic E-state index is -3.11. The molecule has 0 fully saturated rings. The van der Waals surface area contributed by atoms with E-state index in [0.29, 0.717) is 6.16 Å². The van der Waals surface area contributed by atoms with Crippen LogP contribution < -0.4 is 0 Å². The highest BCUT2D eigenvalue weighted by Crippen LogP contribution is 2.51. The zero-order valence-electron chi connectivity index (χ0n) is 13.9. The maximum Gasteiger partial charge on any atom is 0.513 e. The van der Waals surface area contributed by atoms with Gasteiger partial charge in [0.25, 0.3) is 7.37 Å². The Morgan fingerprint density at radius 2 is 1.54 bits per heavy atom. The van der Waals surface area contributed by atoms with Crippen molar-refractivity contribution in [3.63, 3.8) is 0 Å². The van der Waals surface area contributed by atoms with Crippen LogP contribution in [-0.4, -0.2) is 12.3 Å². The molecule has 0 aliphatic heterocycles. The van der Waals surface area contributed by atoms with Crippen molar-refractivity contribution in [1.82, 2.24) is 0 Å². The molecule has 2 aromatic carbocycles. The fourth-order valence-electron chi connectivity index (χ4n) is 2.30. The van der Waals surface area contributed by atoms with Gasteiger partial charge in [-0.25, -0.2) is 4.79 Å². The summed E-state index contributed by atoms with van der Waals surface area (Å²) in [4.78, 5) is 12.0. The van der Waals surface area contributed by atoms with E-state index in [9.17, 15) is 9.36 Å². The lowest BCUT2D eigenvalue weighted by Gasteiger charge is -2.18. The number of carbonyl (C=O) groups excluding carboxylic acids is 1. The predicted octanol–water partition coefficient (Wildman–Crippen LogP) is 5.62. The van der Waals surface area contributed by atoms with Gasteiger partial charge in [-0.15, -0.1) is 0 Å². The van der Waals surface area contributed by atoms with Crippen molar-refractivity contribution >= 4 is 13.5 Å². The average molecular weight is 346 g/mol. The monoisotopic (exact) mass is 346 g/mol. The van der Waals surface area contributed by atoms with E-state index in [-0.39, 0.29) is 12.8 Å². The predicted molar refractivity (Wildman–Crippen MR) is 95.2 cm³/mol. The minimum Gasteiger partial charge on any atom is -0.429 e. The first-order valence-electron chi connectivity index (χ1n) is 8.13. The van der Waals surface area contributed by atoms with Crippen LogP contribution in [0.1, 0.15) is 30.9 Å². The van der Waals surface area contributed by atoms with Gasteiger partial charge in [0.1, 0.15) is 6.61 Å². The van der Waals surface area contributed by atoms with Crippen LogP contribution in [0.15, 0.2) is 60.7 Å². The molecule has 0 aliphatic rings. The molecule has 0 N–H and O–H groups in total. The highest BCUT2D eigenvalue weighted by Gasteiger charge is 2.28. The molecule has 2 rings (SSSR count). The number of benzene rings is 2. The van der Waals surface area contributed by atoms with Gasteiger partial charge >= 0.3 is 6.16 Å². The first-order valence-corrected chi connectivity index (χ1v) is 10.1. The lowest BCUT2D eigenvalue weighted by Crippen LogP contribution is -2.09. The second-order valence-electron chi connectivity index (χ2n) is 5.65. The summed E-state index contributed by atoms with van der Waals surface area (Å²) in [5, 5.41) is 0. The first kappa shape index (κ1) is 18.3. The van der Waals surface area contributed by atoms with Crippen LogP contribution in [0.25, 0.3) is 0 Å². The summed E-state index contributed by atoms with van der Waals surface area (Å²) in [6.45, 7) is 2.12. The minimum absolute atomic E-state index is 0.110. The molecular weight excluding hydrogens is 323 g/mol. The Kier molecular flexibility index (Phi) is 7.07. The van der Waals surface area contributed by atoms with Crippen LogP contribution in [0.3, 0.4) is 0 Å². The van der Waals surface area contributed by atoms with Gasteiger partial charge in [0.2, 0.25) is 0 Å². The summed E-state index contributed by atoms with van der Waals surface area (Å²) in [6, 6.07) is 18.8. The molecule has 2 aromatic rings. The van der Waals surface area contributed by atoms with E-state index >= 15 is 0 Å². The molecule has 0 bridgehead atoms. The molecule has 4 nitrogen and oxygen atoms in total. The van der Waals surface area contributed by atoms with Gasteiger partial charge in [-0.2, -0.15) is 0 Å². The zero-order chi connectivity index (χ0) is 17.3. The highest BCUT2D eigenvalue weighted by molar-refractivity contribution is 7.58. The smallest absolute Gasteiger partial charge is 0.429 e. The molecule has 1 atom stereocenters. The molecule has 24 heavy (non-hydrogen) atoms. The Balaban J connectivity index is 1.96. The molecule has 5 heteroatoms. The van der Waals surface area contributed by atoms with Crippen LogP contribution in [0, 0.1) is 0 Å². The summed E-state index contributed by atoms with van der Waals surface area (Å²) in [5.74, 6) is 0. The lowest BCUT2D eigenvalue weighted by atomic mass is 10.2. The number of unbranched alkanes of at least 4 members (excludes halogenated alkanes) is 1. The van der Waals surface area contributed by atoms with Crippen molar-refractivity contribution in [2.24, 2.45) is 0 Å². The van der Waals surface area contributed by atoms with E-state index in [1.165, 1.54) is 0 Å². The zero-order valence-corrected chi connectivity index (χ0v) is 14.8. The molecule has 1 unspecified atom stereocenters. The fraction of sp³-hybridized carbons (Fsp3) is 0.316. The van der Waals surface area contributed by atoms with Crippen molar-refractivity contribution in [3.05, 3.63) is 71.8 Å². The molecule has 0 saturated heterocycles. The number of ether oxygens (including phenoxy) is 1. The number of hydrogen-bond donors (Lipinski definition) is 0. The van der Waals surface area contributed by atoms with E-state index in [2.05, 4.69) is 0 Å². The number of rotatable bonds is 8. The molecule has 0 saturated carbocycles. The summed E-state index contributed by atoms with van der Waals surface area (Å²) in [7, 11) is -3.11. The molecule has 128 valence electrons. The van der Waals surface area contributed by atoms with E-state index in [0.717, 1.165) is 24.0 Å². The molecular formula is C19H23O4P. The molecule has 0 amide bonds. The molecule has 0 aromatic heterocycles. The van der Waals surface area contributed by atoms with Crippen LogP contribution >= 0.6 is 7.37 Å². The largest absolute Gasteiger partial charge is 0.513 e. The summed E-state index contributed by atoms with van der Waals surface area (Å²) in [5.41, 5.74) is 1.76. The lowest BCUT2D eigenvalue weighted by molar-refractivity contribution is 0.0936. The second-order valence-corrected chi connectivity index (χ2v) is 8.23. The molecule has 0 aliphatic carbocycles. The van der Waals surface area contributed by atoms with Gasteiger partial charge in [0.05, 0.1) is 6.16 Å². The quantitative estimate of drug-likeness (QED) is 0.460. The Bertz CT molecular complexity index is 670. The van der Waals surface area contributed by atoms with E-state index < -0.39 is 13.5 Å². The van der Waals surface area contributed by atoms with Crippen molar-refractivity contribution in [2.45, 2.75) is 32.5 Å². The third-order valence-electron chi connectivity index (χ3n) is 3.56. The fourth-order valence-corrected chi connectivity index (χ4v) is 4.50. The second kappa shape index (κ2) is 9.29. The van der Waals surface area contributed by atoms with Crippen molar-refractivity contribution in [2.75, 3.05) is 6.16 Å². The van der Waals surface area contributed by atoms with Crippen LogP contribution in [0.2, 0.25) is 0 Å². The van der Waals surface area contributed by atoms with Crippen molar-refractivity contribution in [3.8, 4) is 0 Å². The maximum atomic E-state index is 13.0. The average Bonchev–Trinajstić information content (AvgIpc) is 2.60. The van der Waals surface area contributed by atoms with E-state index in [1.54, 1.807) is 0 Å². The third-order valence-corrected chi connectivity index (χ3v) is 5.89. The standard InChI is InChI=1S/C19H23O4P/c1-2-3-14-24(21,16-18-12-8-5-9-13-18)23-19(20)22-15-17-10-6-4-7-11-17/h4-13H,2-3,14-16H2,1H3.